The Hall–Kier alpha value is -0.820. The molecule has 0 radical (unpaired) electrons. The largest absolute Gasteiger partial charge is 0.316 e. The van der Waals surface area contributed by atoms with Gasteiger partial charge in [0.1, 0.15) is 0 Å². The van der Waals surface area contributed by atoms with Crippen LogP contribution >= 0.6 is 0 Å². The highest BCUT2D eigenvalue weighted by molar-refractivity contribution is 5.31. The first-order valence-electron chi connectivity index (χ1n) is 6.39. The molecule has 1 saturated heterocycles. The van der Waals surface area contributed by atoms with Gasteiger partial charge in [0.2, 0.25) is 0 Å². The summed E-state index contributed by atoms with van der Waals surface area (Å²) in [5.74, 6) is 1.56. The summed E-state index contributed by atoms with van der Waals surface area (Å²) in [6.07, 6.45) is 8.61. The number of hydrogen-bond donors (Lipinski definition) is 1. The van der Waals surface area contributed by atoms with Crippen LogP contribution < -0.4 is 5.32 Å². The predicted octanol–water partition coefficient (Wildman–Crippen LogP) is 3.70. The van der Waals surface area contributed by atoms with Crippen molar-refractivity contribution in [2.24, 2.45) is 11.8 Å². The van der Waals surface area contributed by atoms with Crippen molar-refractivity contribution in [1.29, 1.82) is 0 Å². The first-order chi connectivity index (χ1) is 7.69. The predicted molar refractivity (Wildman–Crippen MR) is 72.5 cm³/mol. The first kappa shape index (κ1) is 13.2. The molecule has 90 valence electrons. The van der Waals surface area contributed by atoms with Crippen LogP contribution in [-0.2, 0) is 0 Å². The van der Waals surface area contributed by atoms with Gasteiger partial charge in [0.25, 0.3) is 0 Å². The van der Waals surface area contributed by atoms with Gasteiger partial charge in [-0.3, -0.25) is 0 Å². The minimum Gasteiger partial charge on any atom is -0.316 e. The molecule has 1 heteroatoms. The Labute approximate surface area is 100 Å². The van der Waals surface area contributed by atoms with E-state index in [1.54, 1.807) is 0 Å². The fraction of sp³-hybridized carbons (Fsp3) is 0.600. The zero-order valence-electron chi connectivity index (χ0n) is 10.9. The van der Waals surface area contributed by atoms with Crippen molar-refractivity contribution in [3.05, 3.63) is 36.0 Å². The quantitative estimate of drug-likeness (QED) is 0.695. The fourth-order valence-electron chi connectivity index (χ4n) is 2.28. The van der Waals surface area contributed by atoms with E-state index in [1.807, 2.05) is 0 Å². The topological polar surface area (TPSA) is 12.0 Å². The Kier molecular flexibility index (Phi) is 5.54. The van der Waals surface area contributed by atoms with E-state index in [-0.39, 0.29) is 0 Å². The molecule has 0 spiro atoms. The van der Waals surface area contributed by atoms with Crippen LogP contribution in [0.25, 0.3) is 0 Å². The van der Waals surface area contributed by atoms with Gasteiger partial charge in [0, 0.05) is 0 Å². The number of allylic oxidation sites excluding steroid dienone is 5. The van der Waals surface area contributed by atoms with Crippen LogP contribution in [0.1, 0.15) is 33.6 Å². The highest BCUT2D eigenvalue weighted by Gasteiger charge is 2.23. The second-order valence-electron chi connectivity index (χ2n) is 4.77. The van der Waals surface area contributed by atoms with Crippen molar-refractivity contribution in [1.82, 2.24) is 5.32 Å². The molecular formula is C15H25N. The average molecular weight is 219 g/mol. The van der Waals surface area contributed by atoms with E-state index in [0.29, 0.717) is 0 Å². The molecule has 0 aromatic heterocycles. The van der Waals surface area contributed by atoms with Gasteiger partial charge in [-0.1, -0.05) is 44.2 Å². The highest BCUT2D eigenvalue weighted by Crippen LogP contribution is 2.27. The first-order valence-corrected chi connectivity index (χ1v) is 6.39. The number of nitrogens with one attached hydrogen (secondary N) is 1. The molecule has 16 heavy (non-hydrogen) atoms. The summed E-state index contributed by atoms with van der Waals surface area (Å²) < 4.78 is 0. The van der Waals surface area contributed by atoms with Crippen molar-refractivity contribution in [3.8, 4) is 0 Å². The summed E-state index contributed by atoms with van der Waals surface area (Å²) >= 11 is 0. The number of rotatable bonds is 5. The Morgan fingerprint density at radius 3 is 2.69 bits per heavy atom. The van der Waals surface area contributed by atoms with Gasteiger partial charge in [-0.2, -0.15) is 0 Å². The van der Waals surface area contributed by atoms with Gasteiger partial charge in [-0.25, -0.2) is 0 Å². The highest BCUT2D eigenvalue weighted by atomic mass is 14.9. The van der Waals surface area contributed by atoms with E-state index in [0.717, 1.165) is 37.8 Å². The maximum Gasteiger partial charge on any atom is -0.00142 e. The average Bonchev–Trinajstić information content (AvgIpc) is 2.65. The van der Waals surface area contributed by atoms with E-state index >= 15 is 0 Å². The van der Waals surface area contributed by atoms with Crippen LogP contribution in [0.5, 0.6) is 0 Å². The van der Waals surface area contributed by atoms with Gasteiger partial charge in [-0.05, 0) is 50.3 Å². The normalized spacial score (nSPS) is 26.6. The lowest BCUT2D eigenvalue weighted by Crippen LogP contribution is -2.11. The smallest absolute Gasteiger partial charge is 0.00142 e. The van der Waals surface area contributed by atoms with Gasteiger partial charge >= 0.3 is 0 Å². The van der Waals surface area contributed by atoms with Crippen molar-refractivity contribution >= 4 is 0 Å². The van der Waals surface area contributed by atoms with Crippen molar-refractivity contribution < 1.29 is 0 Å². The van der Waals surface area contributed by atoms with Crippen LogP contribution in [0.3, 0.4) is 0 Å². The molecule has 2 atom stereocenters. The molecular weight excluding hydrogens is 194 g/mol. The lowest BCUT2D eigenvalue weighted by atomic mass is 9.88. The molecule has 1 N–H and O–H groups in total. The van der Waals surface area contributed by atoms with Crippen LogP contribution in [0, 0.1) is 11.8 Å². The van der Waals surface area contributed by atoms with Crippen molar-refractivity contribution in [3.63, 3.8) is 0 Å². The van der Waals surface area contributed by atoms with Gasteiger partial charge < -0.3 is 5.32 Å². The molecule has 0 bridgehead atoms. The molecule has 0 aromatic rings. The Morgan fingerprint density at radius 1 is 1.44 bits per heavy atom. The van der Waals surface area contributed by atoms with Crippen LogP contribution in [0.2, 0.25) is 0 Å². The molecule has 1 fully saturated rings. The zero-order valence-corrected chi connectivity index (χ0v) is 10.9. The lowest BCUT2D eigenvalue weighted by molar-refractivity contribution is 0.450. The fourth-order valence-corrected chi connectivity index (χ4v) is 2.28. The third kappa shape index (κ3) is 3.64. The molecule has 1 aliphatic rings. The van der Waals surface area contributed by atoms with Gasteiger partial charge in [0.05, 0.1) is 0 Å². The molecule has 0 saturated carbocycles. The molecule has 1 heterocycles. The molecule has 1 nitrogen and oxygen atoms in total. The second-order valence-corrected chi connectivity index (χ2v) is 4.77. The van der Waals surface area contributed by atoms with Gasteiger partial charge in [-0.15, -0.1) is 0 Å². The lowest BCUT2D eigenvalue weighted by Gasteiger charge is -2.17. The summed E-state index contributed by atoms with van der Waals surface area (Å²) in [5, 5.41) is 3.45. The van der Waals surface area contributed by atoms with Crippen molar-refractivity contribution in [2.75, 3.05) is 13.1 Å². The molecule has 2 unspecified atom stereocenters. The maximum atomic E-state index is 4.25. The zero-order chi connectivity index (χ0) is 12.0. The summed E-state index contributed by atoms with van der Waals surface area (Å²) in [7, 11) is 0. The van der Waals surface area contributed by atoms with E-state index in [2.05, 4.69) is 50.9 Å². The number of hydrogen-bond acceptors (Lipinski definition) is 1. The monoisotopic (exact) mass is 219 g/mol. The maximum absolute atomic E-state index is 4.25. The molecule has 1 rings (SSSR count). The summed E-state index contributed by atoms with van der Waals surface area (Å²) in [4.78, 5) is 0. The third-order valence-electron chi connectivity index (χ3n) is 3.51. The van der Waals surface area contributed by atoms with E-state index in [9.17, 15) is 0 Å². The van der Waals surface area contributed by atoms with Gasteiger partial charge in [0.15, 0.2) is 0 Å². The van der Waals surface area contributed by atoms with E-state index in [4.69, 9.17) is 0 Å². The molecule has 0 amide bonds. The molecule has 0 aromatic carbocycles. The Morgan fingerprint density at radius 2 is 2.19 bits per heavy atom. The van der Waals surface area contributed by atoms with Crippen molar-refractivity contribution in [2.45, 2.75) is 33.6 Å². The minimum absolute atomic E-state index is 0.771. The molecule has 1 aliphatic heterocycles. The summed E-state index contributed by atoms with van der Waals surface area (Å²) in [6.45, 7) is 13.2. The minimum atomic E-state index is 0.771. The SMILES string of the molecule is C=C(CC1CNCC1C)C(=CC=CC)CC. The molecule has 0 aliphatic carbocycles. The Balaban J connectivity index is 2.55. The van der Waals surface area contributed by atoms with Crippen LogP contribution in [0.15, 0.2) is 36.0 Å². The summed E-state index contributed by atoms with van der Waals surface area (Å²) in [5.41, 5.74) is 2.72. The van der Waals surface area contributed by atoms with E-state index < -0.39 is 0 Å². The van der Waals surface area contributed by atoms with Crippen LogP contribution in [0.4, 0.5) is 0 Å². The Bertz CT molecular complexity index is 286. The second kappa shape index (κ2) is 6.70. The van der Waals surface area contributed by atoms with Crippen LogP contribution in [-0.4, -0.2) is 13.1 Å². The standard InChI is InChI=1S/C15H25N/c1-5-7-8-14(6-2)12(3)9-15-11-16-10-13(15)4/h5,7-8,13,15-16H,3,6,9-11H2,1-2,4H3. The van der Waals surface area contributed by atoms with E-state index in [1.165, 1.54) is 11.1 Å². The summed E-state index contributed by atoms with van der Waals surface area (Å²) in [6, 6.07) is 0. The third-order valence-corrected chi connectivity index (χ3v) is 3.51.